The predicted molar refractivity (Wildman–Crippen MR) is 116 cm³/mol. The molecule has 4 aromatic rings. The first-order valence-electron chi connectivity index (χ1n) is 9.36. The molecular formula is C22H20N6O2. The molecule has 0 radical (unpaired) electrons. The van der Waals surface area contributed by atoms with E-state index in [0.29, 0.717) is 22.5 Å². The summed E-state index contributed by atoms with van der Waals surface area (Å²) in [6, 6.07) is 16.7. The molecule has 0 aliphatic heterocycles. The van der Waals surface area contributed by atoms with Crippen LogP contribution >= 0.6 is 0 Å². The highest BCUT2D eigenvalue weighted by atomic mass is 16.2. The van der Waals surface area contributed by atoms with Crippen molar-refractivity contribution in [2.24, 2.45) is 0 Å². The van der Waals surface area contributed by atoms with Crippen molar-refractivity contribution in [3.8, 4) is 0 Å². The summed E-state index contributed by atoms with van der Waals surface area (Å²) in [6.45, 7) is 1.97. The number of hydrogen-bond donors (Lipinski definition) is 4. The fourth-order valence-electron chi connectivity index (χ4n) is 3.09. The summed E-state index contributed by atoms with van der Waals surface area (Å²) >= 11 is 0. The number of amides is 2. The van der Waals surface area contributed by atoms with E-state index in [4.69, 9.17) is 0 Å². The minimum Gasteiger partial charge on any atom is -0.355 e. The van der Waals surface area contributed by atoms with Gasteiger partial charge in [-0.2, -0.15) is 5.10 Å². The van der Waals surface area contributed by atoms with E-state index in [0.717, 1.165) is 16.8 Å². The van der Waals surface area contributed by atoms with Crippen molar-refractivity contribution in [3.63, 3.8) is 0 Å². The molecule has 2 aromatic carbocycles. The van der Waals surface area contributed by atoms with Crippen molar-refractivity contribution >= 4 is 39.9 Å². The van der Waals surface area contributed by atoms with Gasteiger partial charge in [0.05, 0.1) is 16.8 Å². The van der Waals surface area contributed by atoms with Gasteiger partial charge in [-0.15, -0.1) is 0 Å². The molecule has 150 valence electrons. The summed E-state index contributed by atoms with van der Waals surface area (Å²) in [5.74, 6) is -0.285. The molecular weight excluding hydrogens is 380 g/mol. The Balaban J connectivity index is 1.71. The number of fused-ring (bicyclic) bond motifs is 1. The van der Waals surface area contributed by atoms with Gasteiger partial charge in [-0.3, -0.25) is 14.7 Å². The Morgan fingerprint density at radius 1 is 0.967 bits per heavy atom. The van der Waals surface area contributed by atoms with Gasteiger partial charge in [0, 0.05) is 24.3 Å². The molecule has 2 aromatic heterocycles. The summed E-state index contributed by atoms with van der Waals surface area (Å²) < 4.78 is 0. The lowest BCUT2D eigenvalue weighted by Gasteiger charge is -2.14. The molecule has 0 saturated heterocycles. The van der Waals surface area contributed by atoms with E-state index in [1.807, 2.05) is 55.5 Å². The number of carbonyl (C=O) groups is 2. The summed E-state index contributed by atoms with van der Waals surface area (Å²) in [5, 5.41) is 16.3. The van der Waals surface area contributed by atoms with Gasteiger partial charge < -0.3 is 16.0 Å². The van der Waals surface area contributed by atoms with Gasteiger partial charge >= 0.3 is 0 Å². The van der Waals surface area contributed by atoms with E-state index < -0.39 is 5.91 Å². The standard InChI is InChI=1S/C22H20N6O2/c1-13-7-3-5-9-16(13)25-20-18(11-14(12-24-20)21(29)23-2)26-22(30)19-15-8-4-6-10-17(15)27-28-19/h3-12H,1-2H3,(H,23,29)(H,24,25)(H,26,30)(H,27,28). The van der Waals surface area contributed by atoms with Crippen molar-refractivity contribution in [2.75, 3.05) is 17.7 Å². The molecule has 4 rings (SSSR count). The van der Waals surface area contributed by atoms with Crippen LogP contribution in [0.4, 0.5) is 17.2 Å². The van der Waals surface area contributed by atoms with E-state index in [2.05, 4.69) is 31.1 Å². The number of anilines is 3. The van der Waals surface area contributed by atoms with Crippen molar-refractivity contribution in [3.05, 3.63) is 77.6 Å². The first-order chi connectivity index (χ1) is 14.6. The Morgan fingerprint density at radius 3 is 2.53 bits per heavy atom. The topological polar surface area (TPSA) is 112 Å². The van der Waals surface area contributed by atoms with Crippen LogP contribution in [0.5, 0.6) is 0 Å². The number of para-hydroxylation sites is 2. The highest BCUT2D eigenvalue weighted by Gasteiger charge is 2.18. The average molecular weight is 400 g/mol. The summed E-state index contributed by atoms with van der Waals surface area (Å²) in [5.41, 5.74) is 3.59. The van der Waals surface area contributed by atoms with Gasteiger partial charge in [0.25, 0.3) is 11.8 Å². The zero-order valence-corrected chi connectivity index (χ0v) is 16.5. The zero-order valence-electron chi connectivity index (χ0n) is 16.5. The average Bonchev–Trinajstić information content (AvgIpc) is 3.20. The number of aryl methyl sites for hydroxylation is 1. The minimum atomic E-state index is -0.406. The molecule has 0 spiro atoms. The molecule has 2 amide bonds. The second kappa shape index (κ2) is 8.04. The lowest BCUT2D eigenvalue weighted by Crippen LogP contribution is -2.20. The second-order valence-electron chi connectivity index (χ2n) is 6.71. The SMILES string of the molecule is CNC(=O)c1cnc(Nc2ccccc2C)c(NC(=O)c2n[nH]c3ccccc23)c1. The van der Waals surface area contributed by atoms with Crippen molar-refractivity contribution < 1.29 is 9.59 Å². The van der Waals surface area contributed by atoms with Gasteiger partial charge in [0.15, 0.2) is 11.5 Å². The van der Waals surface area contributed by atoms with Gasteiger partial charge in [-0.1, -0.05) is 36.4 Å². The zero-order chi connectivity index (χ0) is 21.1. The lowest BCUT2D eigenvalue weighted by molar-refractivity contribution is 0.0961. The molecule has 30 heavy (non-hydrogen) atoms. The normalized spacial score (nSPS) is 10.6. The molecule has 0 unspecified atom stereocenters. The number of nitrogens with zero attached hydrogens (tertiary/aromatic N) is 2. The van der Waals surface area contributed by atoms with E-state index in [-0.39, 0.29) is 11.6 Å². The monoisotopic (exact) mass is 400 g/mol. The third kappa shape index (κ3) is 3.70. The van der Waals surface area contributed by atoms with Crippen LogP contribution in [0, 0.1) is 6.92 Å². The molecule has 8 nitrogen and oxygen atoms in total. The van der Waals surface area contributed by atoms with E-state index in [9.17, 15) is 9.59 Å². The third-order valence-electron chi connectivity index (χ3n) is 4.71. The molecule has 0 aliphatic carbocycles. The Labute approximate surface area is 172 Å². The minimum absolute atomic E-state index is 0.262. The van der Waals surface area contributed by atoms with E-state index >= 15 is 0 Å². The first-order valence-corrected chi connectivity index (χ1v) is 9.36. The summed E-state index contributed by atoms with van der Waals surface area (Å²) in [7, 11) is 1.54. The Bertz CT molecular complexity index is 1250. The van der Waals surface area contributed by atoms with Crippen molar-refractivity contribution in [1.29, 1.82) is 0 Å². The molecule has 0 saturated carbocycles. The molecule has 8 heteroatoms. The number of benzene rings is 2. The maximum atomic E-state index is 13.0. The van der Waals surface area contributed by atoms with Gasteiger partial charge in [-0.05, 0) is 30.7 Å². The van der Waals surface area contributed by atoms with Crippen LogP contribution in [0.2, 0.25) is 0 Å². The smallest absolute Gasteiger partial charge is 0.276 e. The highest BCUT2D eigenvalue weighted by Crippen LogP contribution is 2.27. The third-order valence-corrected chi connectivity index (χ3v) is 4.71. The quantitative estimate of drug-likeness (QED) is 0.409. The largest absolute Gasteiger partial charge is 0.355 e. The molecule has 2 heterocycles. The molecule has 0 bridgehead atoms. The van der Waals surface area contributed by atoms with Crippen LogP contribution in [-0.4, -0.2) is 34.0 Å². The van der Waals surface area contributed by atoms with Gasteiger partial charge in [0.1, 0.15) is 0 Å². The molecule has 4 N–H and O–H groups in total. The number of nitrogens with one attached hydrogen (secondary N) is 4. The number of rotatable bonds is 5. The van der Waals surface area contributed by atoms with Crippen LogP contribution in [0.25, 0.3) is 10.9 Å². The molecule has 0 fully saturated rings. The van der Waals surface area contributed by atoms with Crippen molar-refractivity contribution in [2.45, 2.75) is 6.92 Å². The second-order valence-corrected chi connectivity index (χ2v) is 6.71. The number of carbonyl (C=O) groups excluding carboxylic acids is 2. The van der Waals surface area contributed by atoms with Crippen molar-refractivity contribution in [1.82, 2.24) is 20.5 Å². The van der Waals surface area contributed by atoms with Gasteiger partial charge in [-0.25, -0.2) is 4.98 Å². The van der Waals surface area contributed by atoms with Crippen LogP contribution in [-0.2, 0) is 0 Å². The number of aromatic amines is 1. The van der Waals surface area contributed by atoms with Crippen LogP contribution in [0.15, 0.2) is 60.8 Å². The maximum Gasteiger partial charge on any atom is 0.276 e. The number of pyridine rings is 1. The van der Waals surface area contributed by atoms with Crippen LogP contribution in [0.1, 0.15) is 26.4 Å². The van der Waals surface area contributed by atoms with Crippen LogP contribution in [0.3, 0.4) is 0 Å². The predicted octanol–water partition coefficient (Wildman–Crippen LogP) is 3.62. The summed E-state index contributed by atoms with van der Waals surface area (Å²) in [6.07, 6.45) is 1.46. The maximum absolute atomic E-state index is 13.0. The number of H-pyrrole nitrogens is 1. The van der Waals surface area contributed by atoms with Crippen LogP contribution < -0.4 is 16.0 Å². The lowest BCUT2D eigenvalue weighted by atomic mass is 10.2. The highest BCUT2D eigenvalue weighted by molar-refractivity contribution is 6.12. The fraction of sp³-hybridized carbons (Fsp3) is 0.0909. The Morgan fingerprint density at radius 2 is 1.73 bits per heavy atom. The first kappa shape index (κ1) is 19.1. The number of aromatic nitrogens is 3. The van der Waals surface area contributed by atoms with Gasteiger partial charge in [0.2, 0.25) is 0 Å². The molecule has 0 atom stereocenters. The molecule has 0 aliphatic rings. The summed E-state index contributed by atoms with van der Waals surface area (Å²) in [4.78, 5) is 29.4. The fourth-order valence-corrected chi connectivity index (χ4v) is 3.09. The Hall–Kier alpha value is -4.20. The van der Waals surface area contributed by atoms with E-state index in [1.165, 1.54) is 13.2 Å². The van der Waals surface area contributed by atoms with E-state index in [1.54, 1.807) is 6.07 Å². The number of hydrogen-bond acceptors (Lipinski definition) is 5. The Kier molecular flexibility index (Phi) is 5.13.